The number of hydrogen-bond donors (Lipinski definition) is 1. The molecule has 0 atom stereocenters. The zero-order chi connectivity index (χ0) is 15.8. The summed E-state index contributed by atoms with van der Waals surface area (Å²) in [6, 6.07) is 7.91. The Morgan fingerprint density at radius 1 is 1.14 bits per heavy atom. The maximum absolute atomic E-state index is 12.5. The molecule has 1 saturated heterocycles. The lowest BCUT2D eigenvalue weighted by atomic mass is 10.1. The number of nitrogens with zero attached hydrogens (tertiary/aromatic N) is 2. The highest BCUT2D eigenvalue weighted by molar-refractivity contribution is 5.94. The van der Waals surface area contributed by atoms with Gasteiger partial charge in [0, 0.05) is 38.3 Å². The number of carbonyl (C=O) groups is 1. The van der Waals surface area contributed by atoms with Crippen molar-refractivity contribution >= 4 is 5.91 Å². The quantitative estimate of drug-likeness (QED) is 0.764. The first kappa shape index (κ1) is 16.9. The molecule has 5 heteroatoms. The van der Waals surface area contributed by atoms with Crippen LogP contribution < -0.4 is 0 Å². The van der Waals surface area contributed by atoms with Gasteiger partial charge in [0.25, 0.3) is 5.91 Å². The van der Waals surface area contributed by atoms with E-state index in [0.29, 0.717) is 13.2 Å². The normalized spacial score (nSPS) is 16.0. The molecule has 2 rings (SSSR count). The highest BCUT2D eigenvalue weighted by Crippen LogP contribution is 2.10. The third-order valence-corrected chi connectivity index (χ3v) is 4.06. The largest absolute Gasteiger partial charge is 0.394 e. The van der Waals surface area contributed by atoms with Crippen molar-refractivity contribution in [1.82, 2.24) is 9.80 Å². The minimum atomic E-state index is 0.0686. The van der Waals surface area contributed by atoms with Crippen molar-refractivity contribution in [3.8, 4) is 0 Å². The zero-order valence-electron chi connectivity index (χ0n) is 13.3. The maximum atomic E-state index is 12.5. The van der Waals surface area contributed by atoms with Gasteiger partial charge in [0.15, 0.2) is 0 Å². The Hall–Kier alpha value is -1.43. The summed E-state index contributed by atoms with van der Waals surface area (Å²) in [6.07, 6.45) is 0.992. The van der Waals surface area contributed by atoms with E-state index in [4.69, 9.17) is 9.84 Å². The smallest absolute Gasteiger partial charge is 0.253 e. The van der Waals surface area contributed by atoms with E-state index in [0.717, 1.165) is 44.7 Å². The summed E-state index contributed by atoms with van der Waals surface area (Å²) >= 11 is 0. The molecule has 0 spiro atoms. The Bertz CT molecular complexity index is 453. The van der Waals surface area contributed by atoms with Crippen molar-refractivity contribution in [2.45, 2.75) is 13.3 Å². The van der Waals surface area contributed by atoms with Crippen LogP contribution in [0.4, 0.5) is 0 Å². The minimum absolute atomic E-state index is 0.0686. The van der Waals surface area contributed by atoms with Crippen molar-refractivity contribution in [2.75, 3.05) is 52.5 Å². The molecule has 22 heavy (non-hydrogen) atoms. The average molecular weight is 306 g/mol. The van der Waals surface area contributed by atoms with Crippen molar-refractivity contribution in [2.24, 2.45) is 0 Å². The molecule has 0 aromatic heterocycles. The van der Waals surface area contributed by atoms with Crippen molar-refractivity contribution in [1.29, 1.82) is 0 Å². The second kappa shape index (κ2) is 8.88. The molecule has 1 N–H and O–H groups in total. The first-order valence-electron chi connectivity index (χ1n) is 8.03. The molecule has 1 aliphatic heterocycles. The van der Waals surface area contributed by atoms with Gasteiger partial charge in [-0.3, -0.25) is 9.69 Å². The summed E-state index contributed by atoms with van der Waals surface area (Å²) in [7, 11) is 0. The Balaban J connectivity index is 1.76. The van der Waals surface area contributed by atoms with Crippen LogP contribution in [0.3, 0.4) is 0 Å². The Kier molecular flexibility index (Phi) is 6.83. The Morgan fingerprint density at radius 2 is 1.82 bits per heavy atom. The van der Waals surface area contributed by atoms with Gasteiger partial charge in [0.05, 0.1) is 19.8 Å². The number of aliphatic hydroxyl groups excluding tert-OH is 1. The van der Waals surface area contributed by atoms with E-state index in [1.807, 2.05) is 29.2 Å². The van der Waals surface area contributed by atoms with E-state index in [2.05, 4.69) is 11.8 Å². The van der Waals surface area contributed by atoms with Crippen LogP contribution in [-0.4, -0.2) is 73.4 Å². The fraction of sp³-hybridized carbons (Fsp3) is 0.588. The predicted octanol–water partition coefficient (Wildman–Crippen LogP) is 1.02. The van der Waals surface area contributed by atoms with Crippen LogP contribution in [0.5, 0.6) is 0 Å². The van der Waals surface area contributed by atoms with Crippen LogP contribution in [0.2, 0.25) is 0 Å². The number of carbonyl (C=O) groups excluding carboxylic acids is 1. The van der Waals surface area contributed by atoms with Crippen LogP contribution in [-0.2, 0) is 11.2 Å². The molecule has 1 amide bonds. The first-order valence-corrected chi connectivity index (χ1v) is 8.03. The fourth-order valence-electron chi connectivity index (χ4n) is 2.60. The van der Waals surface area contributed by atoms with Crippen LogP contribution >= 0.6 is 0 Å². The molecular formula is C17H26N2O3. The van der Waals surface area contributed by atoms with Crippen molar-refractivity contribution in [3.63, 3.8) is 0 Å². The average Bonchev–Trinajstić information content (AvgIpc) is 2.59. The summed E-state index contributed by atoms with van der Waals surface area (Å²) in [5.74, 6) is 0.124. The van der Waals surface area contributed by atoms with Crippen LogP contribution in [0.25, 0.3) is 0 Å². The summed E-state index contributed by atoms with van der Waals surface area (Å²) in [5.41, 5.74) is 2.03. The third-order valence-electron chi connectivity index (χ3n) is 4.06. The number of piperazine rings is 1. The van der Waals surface area contributed by atoms with Gasteiger partial charge in [0.1, 0.15) is 0 Å². The number of aliphatic hydroxyl groups is 1. The summed E-state index contributed by atoms with van der Waals surface area (Å²) in [6.45, 7) is 7.33. The molecule has 0 saturated carbocycles. The van der Waals surface area contributed by atoms with Gasteiger partial charge in [0.2, 0.25) is 0 Å². The fourth-order valence-corrected chi connectivity index (χ4v) is 2.60. The monoisotopic (exact) mass is 306 g/mol. The van der Waals surface area contributed by atoms with Gasteiger partial charge in [-0.05, 0) is 24.1 Å². The maximum Gasteiger partial charge on any atom is 0.253 e. The lowest BCUT2D eigenvalue weighted by molar-refractivity contribution is 0.0486. The van der Waals surface area contributed by atoms with E-state index in [9.17, 15) is 4.79 Å². The number of aryl methyl sites for hydroxylation is 1. The number of hydrogen-bond acceptors (Lipinski definition) is 4. The van der Waals surface area contributed by atoms with Crippen molar-refractivity contribution < 1.29 is 14.6 Å². The molecule has 1 aromatic rings. The summed E-state index contributed by atoms with van der Waals surface area (Å²) in [5, 5.41) is 8.66. The van der Waals surface area contributed by atoms with Gasteiger partial charge in [-0.2, -0.15) is 0 Å². The molecule has 122 valence electrons. The minimum Gasteiger partial charge on any atom is -0.394 e. The molecule has 1 heterocycles. The molecule has 1 aromatic carbocycles. The van der Waals surface area contributed by atoms with Gasteiger partial charge >= 0.3 is 0 Å². The second-order valence-corrected chi connectivity index (χ2v) is 5.52. The molecule has 0 radical (unpaired) electrons. The predicted molar refractivity (Wildman–Crippen MR) is 86.1 cm³/mol. The molecule has 1 fully saturated rings. The summed E-state index contributed by atoms with van der Waals surface area (Å²) < 4.78 is 5.28. The number of rotatable bonds is 7. The lowest BCUT2D eigenvalue weighted by Crippen LogP contribution is -2.49. The SMILES string of the molecule is CCc1ccc(C(=O)N2CCN(CCOCCO)CC2)cc1. The van der Waals surface area contributed by atoms with E-state index in [1.54, 1.807) is 0 Å². The van der Waals surface area contributed by atoms with Gasteiger partial charge in [-0.1, -0.05) is 19.1 Å². The molecule has 5 nitrogen and oxygen atoms in total. The number of benzene rings is 1. The van der Waals surface area contributed by atoms with Crippen molar-refractivity contribution in [3.05, 3.63) is 35.4 Å². The molecular weight excluding hydrogens is 280 g/mol. The highest BCUT2D eigenvalue weighted by atomic mass is 16.5. The van der Waals surface area contributed by atoms with Crippen LogP contribution in [0.1, 0.15) is 22.8 Å². The second-order valence-electron chi connectivity index (χ2n) is 5.52. The van der Waals surface area contributed by atoms with E-state index in [1.165, 1.54) is 5.56 Å². The lowest BCUT2D eigenvalue weighted by Gasteiger charge is -2.34. The van der Waals surface area contributed by atoms with Crippen LogP contribution in [0, 0.1) is 0 Å². The molecule has 0 aliphatic carbocycles. The van der Waals surface area contributed by atoms with E-state index in [-0.39, 0.29) is 12.5 Å². The topological polar surface area (TPSA) is 53.0 Å². The van der Waals surface area contributed by atoms with Crippen LogP contribution in [0.15, 0.2) is 24.3 Å². The standard InChI is InChI=1S/C17H26N2O3/c1-2-15-3-5-16(6-4-15)17(21)19-9-7-18(8-10-19)11-13-22-14-12-20/h3-6,20H,2,7-14H2,1H3. The zero-order valence-corrected chi connectivity index (χ0v) is 13.3. The summed E-state index contributed by atoms with van der Waals surface area (Å²) in [4.78, 5) is 16.7. The highest BCUT2D eigenvalue weighted by Gasteiger charge is 2.21. The third kappa shape index (κ3) is 4.80. The Labute approximate surface area is 132 Å². The molecule has 0 unspecified atom stereocenters. The first-order chi connectivity index (χ1) is 10.7. The van der Waals surface area contributed by atoms with E-state index < -0.39 is 0 Å². The molecule has 0 bridgehead atoms. The van der Waals surface area contributed by atoms with Gasteiger partial charge in [-0.15, -0.1) is 0 Å². The van der Waals surface area contributed by atoms with Gasteiger partial charge in [-0.25, -0.2) is 0 Å². The number of ether oxygens (including phenoxy) is 1. The van der Waals surface area contributed by atoms with Gasteiger partial charge < -0.3 is 14.7 Å². The molecule has 1 aliphatic rings. The van der Waals surface area contributed by atoms with E-state index >= 15 is 0 Å². The number of amides is 1. The Morgan fingerprint density at radius 3 is 2.41 bits per heavy atom.